The van der Waals surface area contributed by atoms with Crippen LogP contribution in [0, 0.1) is 0 Å². The summed E-state index contributed by atoms with van der Waals surface area (Å²) in [5.41, 5.74) is 5.59. The highest BCUT2D eigenvalue weighted by Gasteiger charge is 1.99. The number of aromatic nitrogens is 2. The van der Waals surface area contributed by atoms with E-state index < -0.39 is 0 Å². The van der Waals surface area contributed by atoms with Gasteiger partial charge in [0.1, 0.15) is 0 Å². The van der Waals surface area contributed by atoms with Crippen LogP contribution in [-0.4, -0.2) is 29.2 Å². The number of nitrogens with zero attached hydrogens (tertiary/aromatic N) is 2. The molecule has 1 rings (SSSR count). The van der Waals surface area contributed by atoms with Crippen LogP contribution in [0.1, 0.15) is 13.8 Å². The fraction of sp³-hybridized carbons (Fsp3) is 0.556. The summed E-state index contributed by atoms with van der Waals surface area (Å²) in [5, 5.41) is 3.04. The van der Waals surface area contributed by atoms with Crippen molar-refractivity contribution in [1.29, 1.82) is 0 Å². The van der Waals surface area contributed by atoms with E-state index in [1.807, 2.05) is 13.8 Å². The number of hydrogen-bond acceptors (Lipinski definition) is 5. The summed E-state index contributed by atoms with van der Waals surface area (Å²) in [5.74, 6) is 1.02. The molecule has 0 aliphatic carbocycles. The van der Waals surface area contributed by atoms with Crippen LogP contribution >= 0.6 is 0 Å². The Kier molecular flexibility index (Phi) is 4.12. The number of anilines is 2. The summed E-state index contributed by atoms with van der Waals surface area (Å²) < 4.78 is 5.35. The molecule has 78 valence electrons. The molecule has 1 aromatic heterocycles. The Morgan fingerprint density at radius 3 is 2.79 bits per heavy atom. The Bertz CT molecular complexity index is 277. The van der Waals surface area contributed by atoms with E-state index in [0.717, 1.165) is 0 Å². The minimum absolute atomic E-state index is 0.246. The van der Waals surface area contributed by atoms with E-state index >= 15 is 0 Å². The zero-order valence-electron chi connectivity index (χ0n) is 8.53. The Hall–Kier alpha value is -1.36. The van der Waals surface area contributed by atoms with Gasteiger partial charge in [-0.1, -0.05) is 0 Å². The smallest absolute Gasteiger partial charge is 0.169 e. The van der Waals surface area contributed by atoms with Crippen molar-refractivity contribution in [3.8, 4) is 0 Å². The highest BCUT2D eigenvalue weighted by molar-refractivity contribution is 5.54. The first-order chi connectivity index (χ1) is 6.70. The van der Waals surface area contributed by atoms with Crippen molar-refractivity contribution in [3.63, 3.8) is 0 Å². The quantitative estimate of drug-likeness (QED) is 0.684. The molecule has 14 heavy (non-hydrogen) atoms. The first-order valence-corrected chi connectivity index (χ1v) is 4.62. The Morgan fingerprint density at radius 2 is 2.14 bits per heavy atom. The van der Waals surface area contributed by atoms with Crippen molar-refractivity contribution in [2.75, 3.05) is 24.2 Å². The van der Waals surface area contributed by atoms with E-state index in [1.165, 1.54) is 0 Å². The molecule has 0 saturated heterocycles. The maximum atomic E-state index is 5.59. The van der Waals surface area contributed by atoms with Crippen molar-refractivity contribution < 1.29 is 4.74 Å². The van der Waals surface area contributed by atoms with E-state index in [2.05, 4.69) is 15.3 Å². The molecule has 0 aromatic carbocycles. The molecule has 3 N–H and O–H groups in total. The van der Waals surface area contributed by atoms with Gasteiger partial charge in [-0.05, 0) is 13.8 Å². The molecule has 0 bridgehead atoms. The molecule has 1 heterocycles. The third-order valence-corrected chi connectivity index (χ3v) is 1.57. The average molecular weight is 196 g/mol. The first kappa shape index (κ1) is 10.7. The van der Waals surface area contributed by atoms with Crippen molar-refractivity contribution in [2.24, 2.45) is 0 Å². The largest absolute Gasteiger partial charge is 0.381 e. The van der Waals surface area contributed by atoms with Gasteiger partial charge in [-0.2, -0.15) is 0 Å². The standard InChI is InChI=1S/C9H16N4O/c1-7(2)14-6-5-13-9-8(10)11-3-4-12-9/h3-4,7H,5-6H2,1-2H3,(H2,10,11)(H,12,13). The van der Waals surface area contributed by atoms with Gasteiger partial charge >= 0.3 is 0 Å². The minimum atomic E-state index is 0.246. The zero-order valence-corrected chi connectivity index (χ0v) is 8.53. The fourth-order valence-electron chi connectivity index (χ4n) is 0.949. The summed E-state index contributed by atoms with van der Waals surface area (Å²) in [6.07, 6.45) is 3.41. The lowest BCUT2D eigenvalue weighted by Crippen LogP contribution is -2.14. The summed E-state index contributed by atoms with van der Waals surface area (Å²) in [4.78, 5) is 7.95. The van der Waals surface area contributed by atoms with Gasteiger partial charge < -0.3 is 15.8 Å². The summed E-state index contributed by atoms with van der Waals surface area (Å²) in [6, 6.07) is 0. The summed E-state index contributed by atoms with van der Waals surface area (Å²) in [6.45, 7) is 5.31. The van der Waals surface area contributed by atoms with Crippen LogP contribution in [-0.2, 0) is 4.74 Å². The molecule has 5 heteroatoms. The third kappa shape index (κ3) is 3.57. The molecular formula is C9H16N4O. The zero-order chi connectivity index (χ0) is 10.4. The van der Waals surface area contributed by atoms with E-state index in [0.29, 0.717) is 24.8 Å². The molecule has 0 spiro atoms. The van der Waals surface area contributed by atoms with Crippen molar-refractivity contribution in [3.05, 3.63) is 12.4 Å². The van der Waals surface area contributed by atoms with Crippen LogP contribution in [0.3, 0.4) is 0 Å². The van der Waals surface area contributed by atoms with Gasteiger partial charge in [0, 0.05) is 18.9 Å². The van der Waals surface area contributed by atoms with Crippen molar-refractivity contribution in [1.82, 2.24) is 9.97 Å². The average Bonchev–Trinajstić information content (AvgIpc) is 2.15. The van der Waals surface area contributed by atoms with E-state index in [1.54, 1.807) is 12.4 Å². The van der Waals surface area contributed by atoms with Crippen LogP contribution in [0.25, 0.3) is 0 Å². The molecular weight excluding hydrogens is 180 g/mol. The fourth-order valence-corrected chi connectivity index (χ4v) is 0.949. The van der Waals surface area contributed by atoms with Gasteiger partial charge in [0.25, 0.3) is 0 Å². The predicted molar refractivity (Wildman–Crippen MR) is 56.0 cm³/mol. The summed E-state index contributed by atoms with van der Waals surface area (Å²) in [7, 11) is 0. The highest BCUT2D eigenvalue weighted by atomic mass is 16.5. The number of nitrogens with one attached hydrogen (secondary N) is 1. The van der Waals surface area contributed by atoms with Gasteiger partial charge in [0.2, 0.25) is 0 Å². The van der Waals surface area contributed by atoms with Crippen LogP contribution in [0.4, 0.5) is 11.6 Å². The van der Waals surface area contributed by atoms with Gasteiger partial charge in [-0.15, -0.1) is 0 Å². The van der Waals surface area contributed by atoms with E-state index in [-0.39, 0.29) is 6.10 Å². The maximum Gasteiger partial charge on any atom is 0.169 e. The number of nitrogen functional groups attached to an aromatic ring is 1. The SMILES string of the molecule is CC(C)OCCNc1nccnc1N. The Labute approximate surface area is 83.7 Å². The van der Waals surface area contributed by atoms with Gasteiger partial charge in [-0.25, -0.2) is 9.97 Å². The molecule has 0 fully saturated rings. The predicted octanol–water partition coefficient (Wildman–Crippen LogP) is 0.896. The number of rotatable bonds is 5. The second kappa shape index (κ2) is 5.39. The second-order valence-electron chi connectivity index (χ2n) is 3.14. The molecule has 0 aliphatic heterocycles. The normalized spacial score (nSPS) is 10.5. The third-order valence-electron chi connectivity index (χ3n) is 1.57. The van der Waals surface area contributed by atoms with Crippen LogP contribution in [0.2, 0.25) is 0 Å². The lowest BCUT2D eigenvalue weighted by molar-refractivity contribution is 0.0870. The molecule has 5 nitrogen and oxygen atoms in total. The van der Waals surface area contributed by atoms with Crippen molar-refractivity contribution in [2.45, 2.75) is 20.0 Å². The van der Waals surface area contributed by atoms with Gasteiger partial charge in [0.15, 0.2) is 11.6 Å². The lowest BCUT2D eigenvalue weighted by Gasteiger charge is -2.09. The minimum Gasteiger partial charge on any atom is -0.381 e. The number of ether oxygens (including phenoxy) is 1. The maximum absolute atomic E-state index is 5.59. The molecule has 0 aliphatic rings. The summed E-state index contributed by atoms with van der Waals surface area (Å²) >= 11 is 0. The Morgan fingerprint density at radius 1 is 1.43 bits per heavy atom. The van der Waals surface area contributed by atoms with Crippen LogP contribution in [0.5, 0.6) is 0 Å². The number of hydrogen-bond donors (Lipinski definition) is 2. The first-order valence-electron chi connectivity index (χ1n) is 4.62. The van der Waals surface area contributed by atoms with Gasteiger partial charge in [0.05, 0.1) is 12.7 Å². The topological polar surface area (TPSA) is 73.1 Å². The van der Waals surface area contributed by atoms with Gasteiger partial charge in [-0.3, -0.25) is 0 Å². The van der Waals surface area contributed by atoms with E-state index in [4.69, 9.17) is 10.5 Å². The van der Waals surface area contributed by atoms with Crippen LogP contribution < -0.4 is 11.1 Å². The van der Waals surface area contributed by atoms with Crippen LogP contribution in [0.15, 0.2) is 12.4 Å². The van der Waals surface area contributed by atoms with Crippen molar-refractivity contribution >= 4 is 11.6 Å². The molecule has 0 saturated carbocycles. The molecule has 0 unspecified atom stereocenters. The molecule has 0 atom stereocenters. The second-order valence-corrected chi connectivity index (χ2v) is 3.14. The lowest BCUT2D eigenvalue weighted by atomic mass is 10.5. The van der Waals surface area contributed by atoms with E-state index in [9.17, 15) is 0 Å². The molecule has 0 radical (unpaired) electrons. The monoisotopic (exact) mass is 196 g/mol. The highest BCUT2D eigenvalue weighted by Crippen LogP contribution is 2.08. The molecule has 0 amide bonds. The number of nitrogens with two attached hydrogens (primary N) is 1. The molecule has 1 aromatic rings. The Balaban J connectivity index is 2.28.